The fourth-order valence-electron chi connectivity index (χ4n) is 1.39. The van der Waals surface area contributed by atoms with Crippen molar-refractivity contribution in [3.8, 4) is 0 Å². The average molecular weight is 127 g/mol. The van der Waals surface area contributed by atoms with Gasteiger partial charge in [0, 0.05) is 6.42 Å². The molecule has 2 N–H and O–H groups in total. The molecule has 0 heterocycles. The van der Waals surface area contributed by atoms with Gasteiger partial charge in [-0.3, -0.25) is 0 Å². The van der Waals surface area contributed by atoms with Crippen LogP contribution in [-0.4, -0.2) is 12.8 Å². The van der Waals surface area contributed by atoms with Gasteiger partial charge >= 0.3 is 0 Å². The summed E-state index contributed by atoms with van der Waals surface area (Å²) in [5, 5.41) is 0. The topological polar surface area (TPSA) is 43.1 Å². The zero-order valence-corrected chi connectivity index (χ0v) is 5.55. The molecule has 0 radical (unpaired) electrons. The van der Waals surface area contributed by atoms with E-state index in [1.807, 2.05) is 0 Å². The van der Waals surface area contributed by atoms with Gasteiger partial charge in [0.05, 0.1) is 0 Å². The number of rotatable bonds is 3. The van der Waals surface area contributed by atoms with Crippen LogP contribution < -0.4 is 5.73 Å². The third-order valence-electron chi connectivity index (χ3n) is 2.10. The Bertz CT molecular complexity index is 97.1. The molecular formula is C7H13NO. The second-order valence-corrected chi connectivity index (χ2v) is 2.84. The van der Waals surface area contributed by atoms with Gasteiger partial charge in [0.15, 0.2) is 0 Å². The number of aldehydes is 1. The molecule has 0 spiro atoms. The van der Waals surface area contributed by atoms with E-state index in [0.717, 1.165) is 25.2 Å². The van der Waals surface area contributed by atoms with E-state index in [1.165, 1.54) is 12.8 Å². The molecule has 9 heavy (non-hydrogen) atoms. The minimum atomic E-state index is 0.663. The molecule has 1 aliphatic carbocycles. The zero-order chi connectivity index (χ0) is 6.69. The molecule has 0 aromatic rings. The molecule has 0 atom stereocenters. The van der Waals surface area contributed by atoms with Gasteiger partial charge in [0.2, 0.25) is 0 Å². The standard InChI is InChI=1S/C7H13NO/c8-5-7-3-6(4-7)1-2-9/h2,6-7H,1,3-5,8H2. The predicted molar refractivity (Wildman–Crippen MR) is 35.9 cm³/mol. The van der Waals surface area contributed by atoms with Gasteiger partial charge in [0.25, 0.3) is 0 Å². The van der Waals surface area contributed by atoms with Crippen LogP contribution in [0.15, 0.2) is 0 Å². The number of nitrogens with two attached hydrogens (primary N) is 1. The molecule has 1 fully saturated rings. The van der Waals surface area contributed by atoms with Gasteiger partial charge in [-0.15, -0.1) is 0 Å². The van der Waals surface area contributed by atoms with Crippen LogP contribution >= 0.6 is 0 Å². The Morgan fingerprint density at radius 3 is 2.56 bits per heavy atom. The van der Waals surface area contributed by atoms with Gasteiger partial charge in [-0.05, 0) is 31.2 Å². The highest BCUT2D eigenvalue weighted by atomic mass is 16.1. The predicted octanol–water partition coefficient (Wildman–Crippen LogP) is 0.560. The number of hydrogen-bond donors (Lipinski definition) is 1. The lowest BCUT2D eigenvalue weighted by Crippen LogP contribution is -2.29. The first-order chi connectivity index (χ1) is 4.36. The minimum Gasteiger partial charge on any atom is -0.330 e. The Morgan fingerprint density at radius 1 is 1.44 bits per heavy atom. The van der Waals surface area contributed by atoms with Crippen molar-refractivity contribution in [2.24, 2.45) is 17.6 Å². The van der Waals surface area contributed by atoms with Crippen molar-refractivity contribution < 1.29 is 4.79 Å². The monoisotopic (exact) mass is 127 g/mol. The van der Waals surface area contributed by atoms with E-state index in [-0.39, 0.29) is 0 Å². The smallest absolute Gasteiger partial charge is 0.120 e. The normalized spacial score (nSPS) is 33.4. The molecule has 0 amide bonds. The molecule has 1 saturated carbocycles. The lowest BCUT2D eigenvalue weighted by atomic mass is 9.74. The number of carbonyl (C=O) groups is 1. The quantitative estimate of drug-likeness (QED) is 0.563. The molecule has 0 unspecified atom stereocenters. The minimum absolute atomic E-state index is 0.663. The summed E-state index contributed by atoms with van der Waals surface area (Å²) in [6.45, 7) is 0.801. The van der Waals surface area contributed by atoms with Crippen LogP contribution in [0.25, 0.3) is 0 Å². The Balaban J connectivity index is 2.04. The molecule has 0 aliphatic heterocycles. The Hall–Kier alpha value is -0.370. The molecule has 1 aliphatic rings. The van der Waals surface area contributed by atoms with E-state index in [2.05, 4.69) is 0 Å². The van der Waals surface area contributed by atoms with Crippen LogP contribution in [0.5, 0.6) is 0 Å². The van der Waals surface area contributed by atoms with Crippen LogP contribution in [0.3, 0.4) is 0 Å². The van der Waals surface area contributed by atoms with Crippen molar-refractivity contribution in [2.75, 3.05) is 6.54 Å². The third kappa shape index (κ3) is 1.52. The fraction of sp³-hybridized carbons (Fsp3) is 0.857. The highest BCUT2D eigenvalue weighted by Gasteiger charge is 2.26. The zero-order valence-electron chi connectivity index (χ0n) is 5.55. The number of hydrogen-bond acceptors (Lipinski definition) is 2. The van der Waals surface area contributed by atoms with E-state index < -0.39 is 0 Å². The van der Waals surface area contributed by atoms with E-state index in [0.29, 0.717) is 5.92 Å². The maximum Gasteiger partial charge on any atom is 0.120 e. The second kappa shape index (κ2) is 2.97. The van der Waals surface area contributed by atoms with Gasteiger partial charge in [-0.25, -0.2) is 0 Å². The Kier molecular flexibility index (Phi) is 2.22. The summed E-state index contributed by atoms with van der Waals surface area (Å²) in [7, 11) is 0. The lowest BCUT2D eigenvalue weighted by molar-refractivity contribution is -0.109. The van der Waals surface area contributed by atoms with Crippen molar-refractivity contribution in [3.63, 3.8) is 0 Å². The van der Waals surface area contributed by atoms with Crippen LogP contribution in [0, 0.1) is 11.8 Å². The first-order valence-corrected chi connectivity index (χ1v) is 3.50. The summed E-state index contributed by atoms with van der Waals surface area (Å²) in [4.78, 5) is 9.97. The molecule has 52 valence electrons. The molecule has 0 saturated heterocycles. The molecule has 0 aromatic heterocycles. The van der Waals surface area contributed by atoms with Crippen LogP contribution in [0.1, 0.15) is 19.3 Å². The van der Waals surface area contributed by atoms with E-state index in [4.69, 9.17) is 5.73 Å². The van der Waals surface area contributed by atoms with Crippen LogP contribution in [-0.2, 0) is 4.79 Å². The molecule has 0 aromatic carbocycles. The van der Waals surface area contributed by atoms with Crippen LogP contribution in [0.4, 0.5) is 0 Å². The van der Waals surface area contributed by atoms with Crippen molar-refractivity contribution in [2.45, 2.75) is 19.3 Å². The fourth-order valence-corrected chi connectivity index (χ4v) is 1.39. The molecule has 2 nitrogen and oxygen atoms in total. The summed E-state index contributed by atoms with van der Waals surface area (Å²) < 4.78 is 0. The van der Waals surface area contributed by atoms with Crippen molar-refractivity contribution in [1.29, 1.82) is 0 Å². The van der Waals surface area contributed by atoms with Gasteiger partial charge in [-0.2, -0.15) is 0 Å². The van der Waals surface area contributed by atoms with E-state index in [1.54, 1.807) is 0 Å². The molecule has 2 heteroatoms. The highest BCUT2D eigenvalue weighted by Crippen LogP contribution is 2.34. The summed E-state index contributed by atoms with van der Waals surface area (Å²) in [6, 6.07) is 0. The van der Waals surface area contributed by atoms with Gasteiger partial charge < -0.3 is 10.5 Å². The van der Waals surface area contributed by atoms with Crippen molar-refractivity contribution in [1.82, 2.24) is 0 Å². The second-order valence-electron chi connectivity index (χ2n) is 2.84. The van der Waals surface area contributed by atoms with Crippen LogP contribution in [0.2, 0.25) is 0 Å². The third-order valence-corrected chi connectivity index (χ3v) is 2.10. The molecular weight excluding hydrogens is 114 g/mol. The molecule has 1 rings (SSSR count). The largest absolute Gasteiger partial charge is 0.330 e. The molecule has 0 bridgehead atoms. The van der Waals surface area contributed by atoms with Gasteiger partial charge in [-0.1, -0.05) is 0 Å². The van der Waals surface area contributed by atoms with E-state index in [9.17, 15) is 4.79 Å². The highest BCUT2D eigenvalue weighted by molar-refractivity contribution is 5.49. The SMILES string of the molecule is NCC1CC(CC=O)C1. The first kappa shape index (κ1) is 6.75. The Morgan fingerprint density at radius 2 is 2.11 bits per heavy atom. The summed E-state index contributed by atoms with van der Waals surface area (Å²) >= 11 is 0. The van der Waals surface area contributed by atoms with Gasteiger partial charge in [0.1, 0.15) is 6.29 Å². The summed E-state index contributed by atoms with van der Waals surface area (Å²) in [5.74, 6) is 1.38. The number of carbonyl (C=O) groups excluding carboxylic acids is 1. The van der Waals surface area contributed by atoms with Crippen molar-refractivity contribution >= 4 is 6.29 Å². The maximum atomic E-state index is 9.97. The maximum absolute atomic E-state index is 9.97. The first-order valence-electron chi connectivity index (χ1n) is 3.50. The summed E-state index contributed by atoms with van der Waals surface area (Å²) in [6.07, 6.45) is 4.11. The van der Waals surface area contributed by atoms with Crippen molar-refractivity contribution in [3.05, 3.63) is 0 Å². The lowest BCUT2D eigenvalue weighted by Gasteiger charge is -2.33. The average Bonchev–Trinajstić information content (AvgIpc) is 1.77. The van der Waals surface area contributed by atoms with E-state index >= 15 is 0 Å². The summed E-state index contributed by atoms with van der Waals surface area (Å²) in [5.41, 5.74) is 5.40. The Labute approximate surface area is 55.4 Å².